The Morgan fingerprint density at radius 3 is 2.96 bits per heavy atom. The fraction of sp³-hybridized carbons (Fsp3) is 0.412. The Morgan fingerprint density at radius 1 is 1.46 bits per heavy atom. The van der Waals surface area contributed by atoms with Crippen molar-refractivity contribution in [1.29, 1.82) is 5.26 Å². The summed E-state index contributed by atoms with van der Waals surface area (Å²) in [6.45, 7) is 0. The fourth-order valence-electron chi connectivity index (χ4n) is 4.16. The minimum atomic E-state index is -0.176. The predicted octanol–water partition coefficient (Wildman–Crippen LogP) is 3.41. The highest BCUT2D eigenvalue weighted by Gasteiger charge is 2.46. The number of nitriles is 1. The van der Waals surface area contributed by atoms with Crippen LogP contribution < -0.4 is 5.32 Å². The van der Waals surface area contributed by atoms with Crippen LogP contribution >= 0.6 is 27.5 Å². The Kier molecular flexibility index (Phi) is 3.74. The Hall–Kier alpha value is -1.71. The summed E-state index contributed by atoms with van der Waals surface area (Å²) in [5, 5.41) is 13.7. The molecule has 2 fully saturated rings. The number of halogens is 2. The van der Waals surface area contributed by atoms with Crippen LogP contribution in [0.5, 0.6) is 0 Å². The van der Waals surface area contributed by atoms with Gasteiger partial charge >= 0.3 is 0 Å². The van der Waals surface area contributed by atoms with E-state index in [2.05, 4.69) is 27.4 Å². The first-order chi connectivity index (χ1) is 11.5. The number of hydrogen-bond donors (Lipinski definition) is 1. The first-order valence-corrected chi connectivity index (χ1v) is 9.10. The summed E-state index contributed by atoms with van der Waals surface area (Å²) in [6, 6.07) is 6.19. The second-order valence-electron chi connectivity index (χ2n) is 6.50. The van der Waals surface area contributed by atoms with Crippen LogP contribution in [0.25, 0.3) is 10.9 Å². The molecule has 4 rings (SSSR count). The minimum Gasteiger partial charge on any atom is -0.346 e. The Morgan fingerprint density at radius 2 is 2.25 bits per heavy atom. The molecule has 3 heterocycles. The van der Waals surface area contributed by atoms with Gasteiger partial charge in [-0.15, -0.1) is 0 Å². The fourth-order valence-corrected chi connectivity index (χ4v) is 4.89. The first-order valence-electron chi connectivity index (χ1n) is 7.93. The van der Waals surface area contributed by atoms with Crippen LogP contribution in [0.2, 0.25) is 5.02 Å². The van der Waals surface area contributed by atoms with Gasteiger partial charge in [0.1, 0.15) is 5.69 Å². The smallest absolute Gasteiger partial charge is 0.269 e. The van der Waals surface area contributed by atoms with Crippen molar-refractivity contribution in [3.8, 4) is 6.19 Å². The van der Waals surface area contributed by atoms with E-state index < -0.39 is 0 Å². The van der Waals surface area contributed by atoms with Crippen molar-refractivity contribution in [2.75, 3.05) is 0 Å². The third-order valence-electron chi connectivity index (χ3n) is 5.28. The lowest BCUT2D eigenvalue weighted by Gasteiger charge is -2.22. The SMILES string of the molecule is Cn1c(C(=O)N[C@@H]2CC3CC[C@H]2N3C#N)c(Cl)c2cc(Br)ccc21. The molecule has 3 atom stereocenters. The number of fused-ring (bicyclic) bond motifs is 3. The zero-order valence-corrected chi connectivity index (χ0v) is 15.4. The van der Waals surface area contributed by atoms with Crippen LogP contribution in [0.4, 0.5) is 0 Å². The lowest BCUT2D eigenvalue weighted by molar-refractivity contribution is 0.0920. The number of nitrogens with one attached hydrogen (secondary N) is 1. The van der Waals surface area contributed by atoms with Crippen LogP contribution in [-0.4, -0.2) is 33.5 Å². The third kappa shape index (κ3) is 2.22. The molecule has 1 aromatic heterocycles. The molecule has 2 bridgehead atoms. The number of carbonyl (C=O) groups excluding carboxylic acids is 1. The quantitative estimate of drug-likeness (QED) is 0.776. The zero-order chi connectivity index (χ0) is 17.0. The van der Waals surface area contributed by atoms with Crippen molar-refractivity contribution in [1.82, 2.24) is 14.8 Å². The summed E-state index contributed by atoms with van der Waals surface area (Å²) in [7, 11) is 1.85. The summed E-state index contributed by atoms with van der Waals surface area (Å²) in [5.74, 6) is -0.176. The number of amides is 1. The molecule has 5 nitrogen and oxygen atoms in total. The van der Waals surface area contributed by atoms with Gasteiger partial charge in [-0.3, -0.25) is 4.79 Å². The lowest BCUT2D eigenvalue weighted by Crippen LogP contribution is -2.43. The Balaban J connectivity index is 1.64. The summed E-state index contributed by atoms with van der Waals surface area (Å²) in [4.78, 5) is 14.7. The van der Waals surface area contributed by atoms with Crippen LogP contribution in [0.3, 0.4) is 0 Å². The van der Waals surface area contributed by atoms with Crippen molar-refractivity contribution < 1.29 is 4.79 Å². The molecule has 2 aromatic rings. The number of benzene rings is 1. The third-order valence-corrected chi connectivity index (χ3v) is 6.16. The van der Waals surface area contributed by atoms with Crippen molar-refractivity contribution in [2.45, 2.75) is 37.4 Å². The van der Waals surface area contributed by atoms with Crippen molar-refractivity contribution in [2.24, 2.45) is 7.05 Å². The number of hydrogen-bond acceptors (Lipinski definition) is 3. The molecule has 2 aliphatic heterocycles. The average Bonchev–Trinajstić information content (AvgIpc) is 3.17. The molecule has 1 unspecified atom stereocenters. The van der Waals surface area contributed by atoms with E-state index in [4.69, 9.17) is 11.6 Å². The monoisotopic (exact) mass is 406 g/mol. The molecule has 1 N–H and O–H groups in total. The van der Waals surface area contributed by atoms with Gasteiger partial charge in [0.25, 0.3) is 5.91 Å². The summed E-state index contributed by atoms with van der Waals surface area (Å²) in [5.41, 5.74) is 1.39. The molecule has 0 spiro atoms. The van der Waals surface area contributed by atoms with Crippen LogP contribution in [0.15, 0.2) is 22.7 Å². The van der Waals surface area contributed by atoms with E-state index in [1.807, 2.05) is 34.7 Å². The molecule has 24 heavy (non-hydrogen) atoms. The van der Waals surface area contributed by atoms with Crippen molar-refractivity contribution in [3.63, 3.8) is 0 Å². The lowest BCUT2D eigenvalue weighted by atomic mass is 9.95. The molecule has 1 amide bonds. The highest BCUT2D eigenvalue weighted by molar-refractivity contribution is 9.10. The topological polar surface area (TPSA) is 61.1 Å². The van der Waals surface area contributed by atoms with E-state index in [1.54, 1.807) is 0 Å². The van der Waals surface area contributed by atoms with E-state index in [1.165, 1.54) is 0 Å². The summed E-state index contributed by atoms with van der Waals surface area (Å²) in [6.07, 6.45) is 5.09. The standard InChI is InChI=1S/C17H16BrClN4O/c1-22-13-4-2-9(18)6-11(13)15(19)16(22)17(24)21-12-7-10-3-5-14(12)23(10)8-20/h2,4,6,10,12,14H,3,5,7H2,1H3,(H,21,24)/t10?,12-,14-/m1/s1. The molecule has 0 radical (unpaired) electrons. The Bertz CT molecular complexity index is 887. The number of carbonyl (C=O) groups is 1. The largest absolute Gasteiger partial charge is 0.346 e. The molecule has 2 aliphatic rings. The van der Waals surface area contributed by atoms with Gasteiger partial charge in [-0.25, -0.2) is 0 Å². The Labute approximate surface area is 153 Å². The maximum Gasteiger partial charge on any atom is 0.269 e. The second kappa shape index (κ2) is 5.68. The van der Waals surface area contributed by atoms with Gasteiger partial charge in [0, 0.05) is 28.5 Å². The van der Waals surface area contributed by atoms with Gasteiger partial charge in [0.15, 0.2) is 6.19 Å². The van der Waals surface area contributed by atoms with Gasteiger partial charge < -0.3 is 14.8 Å². The molecular weight excluding hydrogens is 392 g/mol. The van der Waals surface area contributed by atoms with Gasteiger partial charge in [0.05, 0.1) is 17.1 Å². The maximum absolute atomic E-state index is 12.8. The van der Waals surface area contributed by atoms with E-state index in [0.717, 1.165) is 34.6 Å². The number of nitrogens with zero attached hydrogens (tertiary/aromatic N) is 3. The van der Waals surface area contributed by atoms with E-state index >= 15 is 0 Å². The summed E-state index contributed by atoms with van der Waals surface area (Å²) < 4.78 is 2.75. The number of aromatic nitrogens is 1. The molecule has 1 aromatic carbocycles. The molecule has 7 heteroatoms. The molecule has 124 valence electrons. The van der Waals surface area contributed by atoms with Gasteiger partial charge in [-0.2, -0.15) is 5.26 Å². The van der Waals surface area contributed by atoms with E-state index in [-0.39, 0.29) is 24.0 Å². The van der Waals surface area contributed by atoms with Gasteiger partial charge in [-0.1, -0.05) is 27.5 Å². The number of rotatable bonds is 2. The van der Waals surface area contributed by atoms with E-state index in [0.29, 0.717) is 10.7 Å². The van der Waals surface area contributed by atoms with Crippen LogP contribution in [0.1, 0.15) is 29.8 Å². The second-order valence-corrected chi connectivity index (χ2v) is 7.80. The van der Waals surface area contributed by atoms with Gasteiger partial charge in [0.2, 0.25) is 0 Å². The van der Waals surface area contributed by atoms with Crippen molar-refractivity contribution >= 4 is 44.3 Å². The number of aryl methyl sites for hydroxylation is 1. The first kappa shape index (κ1) is 15.8. The van der Waals surface area contributed by atoms with Crippen LogP contribution in [-0.2, 0) is 7.05 Å². The molecule has 0 saturated carbocycles. The predicted molar refractivity (Wildman–Crippen MR) is 95.8 cm³/mol. The highest BCUT2D eigenvalue weighted by atomic mass is 79.9. The molecular formula is C17H16BrClN4O. The minimum absolute atomic E-state index is 0.0108. The highest BCUT2D eigenvalue weighted by Crippen LogP contribution is 2.38. The average molecular weight is 408 g/mol. The van der Waals surface area contributed by atoms with E-state index in [9.17, 15) is 10.1 Å². The van der Waals surface area contributed by atoms with Crippen LogP contribution in [0, 0.1) is 11.5 Å². The maximum atomic E-state index is 12.8. The normalized spacial score (nSPS) is 25.2. The molecule has 2 saturated heterocycles. The van der Waals surface area contributed by atoms with Gasteiger partial charge in [-0.05, 0) is 37.5 Å². The van der Waals surface area contributed by atoms with Crippen molar-refractivity contribution in [3.05, 3.63) is 33.4 Å². The summed E-state index contributed by atoms with van der Waals surface area (Å²) >= 11 is 9.92. The molecule has 0 aliphatic carbocycles. The zero-order valence-electron chi connectivity index (χ0n) is 13.1.